The molecule has 0 aliphatic heterocycles. The Bertz CT molecular complexity index is 1370. The van der Waals surface area contributed by atoms with Crippen molar-refractivity contribution in [1.29, 1.82) is 0 Å². The molecule has 208 valence electrons. The van der Waals surface area contributed by atoms with Gasteiger partial charge >= 0.3 is 0 Å². The van der Waals surface area contributed by atoms with Crippen LogP contribution in [-0.4, -0.2) is 51.4 Å². The largest absolute Gasteiger partial charge is 0.494 e. The Balaban J connectivity index is 2.05. The van der Waals surface area contributed by atoms with Gasteiger partial charge in [-0.3, -0.25) is 13.9 Å². The molecule has 0 unspecified atom stereocenters. The summed E-state index contributed by atoms with van der Waals surface area (Å²) in [5, 5.41) is 3.24. The second-order valence-corrected chi connectivity index (χ2v) is 11.2. The van der Waals surface area contributed by atoms with Gasteiger partial charge in [0.2, 0.25) is 11.8 Å². The first-order chi connectivity index (χ1) is 18.6. The summed E-state index contributed by atoms with van der Waals surface area (Å²) < 4.78 is 34.2. The average Bonchev–Trinajstić information content (AvgIpc) is 2.93. The van der Waals surface area contributed by atoms with Crippen LogP contribution in [0.25, 0.3) is 0 Å². The molecule has 3 aromatic carbocycles. The molecule has 0 heterocycles. The van der Waals surface area contributed by atoms with E-state index in [0.29, 0.717) is 33.7 Å². The van der Waals surface area contributed by atoms with Crippen molar-refractivity contribution in [2.45, 2.75) is 37.8 Å². The number of carbonyl (C=O) groups excluding carboxylic acids is 2. The van der Waals surface area contributed by atoms with Crippen molar-refractivity contribution in [1.82, 2.24) is 10.2 Å². The van der Waals surface area contributed by atoms with E-state index in [4.69, 9.17) is 27.9 Å². The first kappa shape index (κ1) is 30.3. The van der Waals surface area contributed by atoms with Gasteiger partial charge in [-0.2, -0.15) is 0 Å². The summed E-state index contributed by atoms with van der Waals surface area (Å²) in [4.78, 5) is 28.0. The number of nitrogens with one attached hydrogen (secondary N) is 1. The highest BCUT2D eigenvalue weighted by Crippen LogP contribution is 2.29. The third-order valence-corrected chi connectivity index (χ3v) is 8.56. The molecule has 0 spiro atoms. The van der Waals surface area contributed by atoms with Gasteiger partial charge in [-0.1, -0.05) is 54.4 Å². The van der Waals surface area contributed by atoms with Crippen LogP contribution >= 0.6 is 23.2 Å². The number of hydrogen-bond acceptors (Lipinski definition) is 5. The number of benzene rings is 3. The molecule has 11 heteroatoms. The van der Waals surface area contributed by atoms with Gasteiger partial charge in [-0.05, 0) is 61.9 Å². The van der Waals surface area contributed by atoms with Crippen LogP contribution in [0.3, 0.4) is 0 Å². The molecule has 3 aromatic rings. The number of hydrogen-bond donors (Lipinski definition) is 1. The molecule has 1 atom stereocenters. The molecule has 0 saturated heterocycles. The molecule has 0 radical (unpaired) electrons. The highest BCUT2D eigenvalue weighted by atomic mass is 35.5. The van der Waals surface area contributed by atoms with E-state index in [1.807, 2.05) is 6.92 Å². The van der Waals surface area contributed by atoms with Gasteiger partial charge < -0.3 is 15.0 Å². The zero-order valence-corrected chi connectivity index (χ0v) is 24.3. The lowest BCUT2D eigenvalue weighted by atomic mass is 10.1. The minimum atomic E-state index is -4.18. The number of amides is 2. The van der Waals surface area contributed by atoms with Crippen molar-refractivity contribution in [2.24, 2.45) is 0 Å². The maximum atomic E-state index is 13.9. The summed E-state index contributed by atoms with van der Waals surface area (Å²) >= 11 is 12.8. The number of carbonyl (C=O) groups is 2. The lowest BCUT2D eigenvalue weighted by molar-refractivity contribution is -0.140. The number of para-hydroxylation sites is 1. The predicted octanol–water partition coefficient (Wildman–Crippen LogP) is 5.14. The van der Waals surface area contributed by atoms with Crippen LogP contribution in [0.4, 0.5) is 5.69 Å². The molecule has 0 saturated carbocycles. The van der Waals surface area contributed by atoms with Gasteiger partial charge in [0.25, 0.3) is 10.0 Å². The van der Waals surface area contributed by atoms with Crippen molar-refractivity contribution in [3.63, 3.8) is 0 Å². The fourth-order valence-electron chi connectivity index (χ4n) is 4.06. The summed E-state index contributed by atoms with van der Waals surface area (Å²) in [7, 11) is -2.71. The maximum Gasteiger partial charge on any atom is 0.264 e. The Morgan fingerprint density at radius 2 is 1.54 bits per heavy atom. The minimum absolute atomic E-state index is 0.0124. The SMILES string of the molecule is CCOc1ccc(S(=O)(=O)N(CC(=O)N(Cc2c(Cl)cccc2Cl)[C@@H](CC)C(=O)NC)c2ccccc2)cc1. The van der Waals surface area contributed by atoms with Gasteiger partial charge in [-0.15, -0.1) is 0 Å². The van der Waals surface area contributed by atoms with Crippen molar-refractivity contribution >= 4 is 50.7 Å². The van der Waals surface area contributed by atoms with E-state index in [9.17, 15) is 18.0 Å². The van der Waals surface area contributed by atoms with Crippen molar-refractivity contribution < 1.29 is 22.7 Å². The monoisotopic (exact) mass is 591 g/mol. The van der Waals surface area contributed by atoms with Crippen molar-refractivity contribution in [3.05, 3.63) is 88.4 Å². The Kier molecular flexibility index (Phi) is 10.6. The molecule has 8 nitrogen and oxygen atoms in total. The first-order valence-electron chi connectivity index (χ1n) is 12.4. The van der Waals surface area contributed by atoms with Gasteiger partial charge in [0, 0.05) is 29.2 Å². The number of halogens is 2. The van der Waals surface area contributed by atoms with E-state index in [2.05, 4.69) is 5.32 Å². The summed E-state index contributed by atoms with van der Waals surface area (Å²) in [5.41, 5.74) is 0.751. The standard InChI is InChI=1S/C28H31Cl2N3O5S/c1-4-26(28(35)31-3)32(18-23-24(29)12-9-13-25(23)30)27(34)19-33(20-10-7-6-8-11-20)39(36,37)22-16-14-21(15-17-22)38-5-2/h6-17,26H,4-5,18-19H2,1-3H3,(H,31,35)/t26-/m0/s1. The molecule has 0 bridgehead atoms. The second-order valence-electron chi connectivity index (χ2n) is 8.51. The molecular weight excluding hydrogens is 561 g/mol. The fourth-order valence-corrected chi connectivity index (χ4v) is 6.00. The van der Waals surface area contributed by atoms with E-state index < -0.39 is 34.4 Å². The number of ether oxygens (including phenoxy) is 1. The Hall–Kier alpha value is -3.27. The molecule has 39 heavy (non-hydrogen) atoms. The van der Waals surface area contributed by atoms with E-state index in [-0.39, 0.29) is 17.9 Å². The van der Waals surface area contributed by atoms with Gasteiger partial charge in [0.05, 0.1) is 17.2 Å². The van der Waals surface area contributed by atoms with Crippen LogP contribution in [0.1, 0.15) is 25.8 Å². The van der Waals surface area contributed by atoms with E-state index >= 15 is 0 Å². The summed E-state index contributed by atoms with van der Waals surface area (Å²) in [6.45, 7) is 3.38. The topological polar surface area (TPSA) is 96.0 Å². The average molecular weight is 593 g/mol. The lowest BCUT2D eigenvalue weighted by Crippen LogP contribution is -2.51. The van der Waals surface area contributed by atoms with Gasteiger partial charge in [0.15, 0.2) is 0 Å². The summed E-state index contributed by atoms with van der Waals surface area (Å²) in [6.07, 6.45) is 0.282. The molecule has 2 amide bonds. The van der Waals surface area contributed by atoms with Crippen molar-refractivity contribution in [2.75, 3.05) is 24.5 Å². The van der Waals surface area contributed by atoms with Crippen molar-refractivity contribution in [3.8, 4) is 5.75 Å². The number of nitrogens with zero attached hydrogens (tertiary/aromatic N) is 2. The third-order valence-electron chi connectivity index (χ3n) is 6.07. The summed E-state index contributed by atoms with van der Waals surface area (Å²) in [5.74, 6) is -0.465. The quantitative estimate of drug-likeness (QED) is 0.314. The number of sulfonamides is 1. The van der Waals surface area contributed by atoms with E-state index in [0.717, 1.165) is 4.31 Å². The minimum Gasteiger partial charge on any atom is -0.494 e. The predicted molar refractivity (Wildman–Crippen MR) is 154 cm³/mol. The Labute approximate surface area is 239 Å². The zero-order chi connectivity index (χ0) is 28.6. The molecule has 0 aliphatic rings. The normalized spacial score (nSPS) is 11.9. The zero-order valence-electron chi connectivity index (χ0n) is 21.9. The van der Waals surface area contributed by atoms with E-state index in [1.165, 1.54) is 24.1 Å². The fraction of sp³-hybridized carbons (Fsp3) is 0.286. The Morgan fingerprint density at radius 3 is 2.08 bits per heavy atom. The molecule has 0 aliphatic carbocycles. The maximum absolute atomic E-state index is 13.9. The molecule has 3 rings (SSSR count). The second kappa shape index (κ2) is 13.7. The van der Waals surface area contributed by atoms with Crippen LogP contribution in [0.2, 0.25) is 10.0 Å². The van der Waals surface area contributed by atoms with Crippen LogP contribution < -0.4 is 14.4 Å². The lowest BCUT2D eigenvalue weighted by Gasteiger charge is -2.33. The van der Waals surface area contributed by atoms with Crippen LogP contribution in [0.15, 0.2) is 77.7 Å². The highest BCUT2D eigenvalue weighted by molar-refractivity contribution is 7.92. The molecule has 0 fully saturated rings. The smallest absolute Gasteiger partial charge is 0.264 e. The molecule has 0 aromatic heterocycles. The molecule has 1 N–H and O–H groups in total. The third kappa shape index (κ3) is 7.23. The van der Waals surface area contributed by atoms with Crippen LogP contribution in [0.5, 0.6) is 5.75 Å². The number of rotatable bonds is 12. The highest BCUT2D eigenvalue weighted by Gasteiger charge is 2.34. The summed E-state index contributed by atoms with van der Waals surface area (Å²) in [6, 6.07) is 18.4. The van der Waals surface area contributed by atoms with E-state index in [1.54, 1.807) is 67.6 Å². The first-order valence-corrected chi connectivity index (χ1v) is 14.6. The Morgan fingerprint density at radius 1 is 0.923 bits per heavy atom. The number of likely N-dealkylation sites (N-methyl/N-ethyl adjacent to an activating group) is 1. The molecular formula is C28H31Cl2N3O5S. The van der Waals surface area contributed by atoms with Gasteiger partial charge in [0.1, 0.15) is 18.3 Å². The number of anilines is 1. The van der Waals surface area contributed by atoms with Gasteiger partial charge in [-0.25, -0.2) is 8.42 Å². The van der Waals surface area contributed by atoms with Crippen LogP contribution in [-0.2, 0) is 26.2 Å². The van der Waals surface area contributed by atoms with Crippen LogP contribution in [0, 0.1) is 0 Å².